The second-order valence-corrected chi connectivity index (χ2v) is 10.4. The van der Waals surface area contributed by atoms with Crippen molar-refractivity contribution in [3.05, 3.63) is 106 Å². The lowest BCUT2D eigenvalue weighted by Crippen LogP contribution is -2.52. The minimum absolute atomic E-state index is 0.00644. The van der Waals surface area contributed by atoms with E-state index in [9.17, 15) is 28.0 Å². The summed E-state index contributed by atoms with van der Waals surface area (Å²) in [7, 11) is 0. The summed E-state index contributed by atoms with van der Waals surface area (Å²) < 4.78 is 43.5. The summed E-state index contributed by atoms with van der Waals surface area (Å²) in [5.41, 5.74) is 1.71. The van der Waals surface area contributed by atoms with Gasteiger partial charge >= 0.3 is 6.03 Å². The average molecular weight is 563 g/mol. The molecule has 3 aliphatic rings. The van der Waals surface area contributed by atoms with E-state index in [4.69, 9.17) is 0 Å². The van der Waals surface area contributed by atoms with Crippen LogP contribution in [0.25, 0.3) is 0 Å². The van der Waals surface area contributed by atoms with Gasteiger partial charge in [0.25, 0.3) is 5.91 Å². The highest BCUT2D eigenvalue weighted by Crippen LogP contribution is 2.34. The molecule has 5 amide bonds. The second-order valence-electron chi connectivity index (χ2n) is 10.4. The quantitative estimate of drug-likeness (QED) is 0.462. The molecule has 3 aromatic rings. The van der Waals surface area contributed by atoms with Crippen molar-refractivity contribution in [3.8, 4) is 0 Å². The lowest BCUT2D eigenvalue weighted by molar-refractivity contribution is -0.136. The molecule has 2 saturated heterocycles. The molecule has 1 atom stereocenters. The SMILES string of the molecule is O=C1CCC(N2Cc3cc(CN4CCN(C(c5cccc(F)c5)c5cccc(F)c5)C4=O)cc(F)c3C2=O)C(=O)N1. The first-order valence-electron chi connectivity index (χ1n) is 13.2. The van der Waals surface area contributed by atoms with E-state index >= 15 is 4.39 Å². The molecule has 0 spiro atoms. The van der Waals surface area contributed by atoms with Crippen LogP contribution in [0, 0.1) is 17.5 Å². The van der Waals surface area contributed by atoms with Gasteiger partial charge in [-0.2, -0.15) is 0 Å². The number of amides is 5. The molecule has 0 aliphatic carbocycles. The van der Waals surface area contributed by atoms with Crippen molar-refractivity contribution < 1.29 is 32.3 Å². The van der Waals surface area contributed by atoms with Crippen LogP contribution in [0.1, 0.15) is 51.5 Å². The summed E-state index contributed by atoms with van der Waals surface area (Å²) in [4.78, 5) is 54.7. The fourth-order valence-electron chi connectivity index (χ4n) is 5.93. The third-order valence-electron chi connectivity index (χ3n) is 7.77. The van der Waals surface area contributed by atoms with E-state index in [1.807, 2.05) is 0 Å². The number of hydrogen-bond acceptors (Lipinski definition) is 4. The predicted octanol–water partition coefficient (Wildman–Crippen LogP) is 3.89. The molecule has 41 heavy (non-hydrogen) atoms. The maximum atomic E-state index is 15.2. The van der Waals surface area contributed by atoms with Crippen LogP contribution in [0.5, 0.6) is 0 Å². The molecule has 8 nitrogen and oxygen atoms in total. The van der Waals surface area contributed by atoms with Crippen LogP contribution >= 0.6 is 0 Å². The largest absolute Gasteiger partial charge is 0.322 e. The highest BCUT2D eigenvalue weighted by molar-refractivity contribution is 6.05. The van der Waals surface area contributed by atoms with Gasteiger partial charge in [0, 0.05) is 32.6 Å². The van der Waals surface area contributed by atoms with E-state index in [1.165, 1.54) is 57.2 Å². The first kappa shape index (κ1) is 26.5. The van der Waals surface area contributed by atoms with Gasteiger partial charge in [-0.25, -0.2) is 18.0 Å². The normalized spacial score (nSPS) is 18.9. The lowest BCUT2D eigenvalue weighted by atomic mass is 9.97. The van der Waals surface area contributed by atoms with Gasteiger partial charge in [0.05, 0.1) is 11.6 Å². The highest BCUT2D eigenvalue weighted by atomic mass is 19.1. The van der Waals surface area contributed by atoms with Gasteiger partial charge in [-0.05, 0) is 59.0 Å². The Hall–Kier alpha value is -4.67. The molecule has 11 heteroatoms. The topological polar surface area (TPSA) is 90.0 Å². The van der Waals surface area contributed by atoms with Gasteiger partial charge in [-0.3, -0.25) is 19.7 Å². The Morgan fingerprint density at radius 2 is 1.56 bits per heavy atom. The van der Waals surface area contributed by atoms with Crippen LogP contribution in [0.15, 0.2) is 60.7 Å². The lowest BCUT2D eigenvalue weighted by Gasteiger charge is -2.29. The van der Waals surface area contributed by atoms with E-state index in [2.05, 4.69) is 5.32 Å². The van der Waals surface area contributed by atoms with E-state index in [0.717, 1.165) is 0 Å². The number of hydrogen-bond donors (Lipinski definition) is 1. The third kappa shape index (κ3) is 4.92. The number of halogens is 3. The zero-order chi connectivity index (χ0) is 28.8. The van der Waals surface area contributed by atoms with Crippen molar-refractivity contribution in [3.63, 3.8) is 0 Å². The molecule has 0 saturated carbocycles. The molecule has 3 aliphatic heterocycles. The summed E-state index contributed by atoms with van der Waals surface area (Å²) in [6.45, 7) is 0.614. The maximum Gasteiger partial charge on any atom is 0.321 e. The van der Waals surface area contributed by atoms with Gasteiger partial charge in [-0.15, -0.1) is 0 Å². The minimum atomic E-state index is -0.869. The molecule has 0 radical (unpaired) electrons. The van der Waals surface area contributed by atoms with Crippen molar-refractivity contribution in [2.75, 3.05) is 13.1 Å². The van der Waals surface area contributed by atoms with E-state index in [-0.39, 0.29) is 44.1 Å². The van der Waals surface area contributed by atoms with Crippen LogP contribution in [0.4, 0.5) is 18.0 Å². The summed E-state index contributed by atoms with van der Waals surface area (Å²) in [6, 6.07) is 12.5. The summed E-state index contributed by atoms with van der Waals surface area (Å²) >= 11 is 0. The fourth-order valence-corrected chi connectivity index (χ4v) is 5.93. The number of fused-ring (bicyclic) bond motifs is 1. The third-order valence-corrected chi connectivity index (χ3v) is 7.77. The average Bonchev–Trinajstić information content (AvgIpc) is 3.44. The van der Waals surface area contributed by atoms with E-state index in [0.29, 0.717) is 28.8 Å². The van der Waals surface area contributed by atoms with Crippen LogP contribution < -0.4 is 5.32 Å². The van der Waals surface area contributed by atoms with Crippen molar-refractivity contribution in [1.29, 1.82) is 0 Å². The first-order valence-corrected chi connectivity index (χ1v) is 13.2. The molecular formula is C30H25F3N4O4. The molecule has 3 heterocycles. The second kappa shape index (κ2) is 10.4. The summed E-state index contributed by atoms with van der Waals surface area (Å²) in [5.74, 6) is -3.33. The molecule has 2 fully saturated rings. The summed E-state index contributed by atoms with van der Waals surface area (Å²) in [6.07, 6.45) is 0.249. The maximum absolute atomic E-state index is 15.2. The number of benzene rings is 3. The number of nitrogens with zero attached hydrogens (tertiary/aromatic N) is 3. The monoisotopic (exact) mass is 562 g/mol. The number of imide groups is 1. The predicted molar refractivity (Wildman–Crippen MR) is 140 cm³/mol. The Morgan fingerprint density at radius 3 is 2.20 bits per heavy atom. The summed E-state index contributed by atoms with van der Waals surface area (Å²) in [5, 5.41) is 2.22. The smallest absolute Gasteiger partial charge is 0.321 e. The van der Waals surface area contributed by atoms with Gasteiger partial charge in [-0.1, -0.05) is 30.3 Å². The van der Waals surface area contributed by atoms with E-state index < -0.39 is 47.3 Å². The number of urea groups is 1. The van der Waals surface area contributed by atoms with Gasteiger partial charge in [0.15, 0.2) is 0 Å². The van der Waals surface area contributed by atoms with Gasteiger partial charge in [0.2, 0.25) is 11.8 Å². The van der Waals surface area contributed by atoms with Crippen molar-refractivity contribution in [2.24, 2.45) is 0 Å². The standard InChI is InChI=1S/C30H25F3N4O4/c31-21-5-1-3-18(13-21)27(19-4-2-6-22(32)14-19)36-10-9-35(30(36)41)15-17-11-20-16-37(29(40)26(20)23(33)12-17)24-7-8-25(38)34-28(24)39/h1-6,11-14,24,27H,7-10,15-16H2,(H,34,38,39). The highest BCUT2D eigenvalue weighted by Gasteiger charge is 2.41. The van der Waals surface area contributed by atoms with E-state index in [1.54, 1.807) is 18.2 Å². The zero-order valence-corrected chi connectivity index (χ0v) is 21.8. The van der Waals surface area contributed by atoms with Crippen LogP contribution in [0.2, 0.25) is 0 Å². The van der Waals surface area contributed by atoms with Crippen molar-refractivity contribution >= 4 is 23.8 Å². The Balaban J connectivity index is 1.23. The number of rotatable bonds is 6. The van der Waals surface area contributed by atoms with Gasteiger partial charge in [0.1, 0.15) is 23.5 Å². The minimum Gasteiger partial charge on any atom is -0.322 e. The van der Waals surface area contributed by atoms with Gasteiger partial charge < -0.3 is 14.7 Å². The molecule has 1 unspecified atom stereocenters. The molecule has 6 rings (SSSR count). The molecule has 0 bridgehead atoms. The Kier molecular flexibility index (Phi) is 6.72. The fraction of sp³-hybridized carbons (Fsp3) is 0.267. The number of carbonyl (C=O) groups excluding carboxylic acids is 4. The zero-order valence-electron chi connectivity index (χ0n) is 21.8. The van der Waals surface area contributed by atoms with Crippen LogP contribution in [-0.2, 0) is 22.7 Å². The van der Waals surface area contributed by atoms with Crippen LogP contribution in [0.3, 0.4) is 0 Å². The number of carbonyl (C=O) groups is 4. The van der Waals surface area contributed by atoms with Crippen LogP contribution in [-0.4, -0.2) is 57.6 Å². The molecule has 3 aromatic carbocycles. The molecule has 1 N–H and O–H groups in total. The Labute approximate surface area is 233 Å². The first-order chi connectivity index (χ1) is 19.7. The Morgan fingerprint density at radius 1 is 0.878 bits per heavy atom. The van der Waals surface area contributed by atoms with Crippen molar-refractivity contribution in [2.45, 2.75) is 38.0 Å². The number of nitrogens with one attached hydrogen (secondary N) is 1. The van der Waals surface area contributed by atoms with Crippen molar-refractivity contribution in [1.82, 2.24) is 20.0 Å². The molecule has 0 aromatic heterocycles. The molecule has 210 valence electrons. The number of piperidine rings is 1. The molecular weight excluding hydrogens is 537 g/mol. The Bertz CT molecular complexity index is 1550.